The molecule has 2 rings (SSSR count). The van der Waals surface area contributed by atoms with E-state index in [4.69, 9.17) is 0 Å². The van der Waals surface area contributed by atoms with Crippen LogP contribution < -0.4 is 5.57 Å². The molecular weight excluding hydrogens is 221 g/mol. The Kier molecular flexibility index (Phi) is 2.64. The first-order valence-electron chi connectivity index (χ1n) is 5.12. The monoisotopic (exact) mass is 237 g/mol. The number of hydrogen-bond acceptors (Lipinski definition) is 2. The molecule has 1 unspecified atom stereocenters. The Morgan fingerprint density at radius 3 is 2.50 bits per heavy atom. The lowest BCUT2D eigenvalue weighted by molar-refractivity contribution is 0.527. The molecule has 0 amide bonds. The van der Waals surface area contributed by atoms with Gasteiger partial charge in [0.1, 0.15) is 0 Å². The van der Waals surface area contributed by atoms with Crippen LogP contribution >= 0.6 is 7.29 Å². The zero-order valence-corrected chi connectivity index (χ0v) is 10.9. The fourth-order valence-electron chi connectivity index (χ4n) is 1.68. The van der Waals surface area contributed by atoms with E-state index in [2.05, 4.69) is 4.98 Å². The van der Waals surface area contributed by atoms with Crippen LogP contribution in [0.4, 0.5) is 0 Å². The third-order valence-corrected chi connectivity index (χ3v) is 5.57. The molecule has 1 atom stereocenters. The Balaban J connectivity index is 2.71. The lowest BCUT2D eigenvalue weighted by Gasteiger charge is -2.19. The van der Waals surface area contributed by atoms with Crippen LogP contribution in [0.5, 0.6) is 0 Å². The molecule has 0 spiro atoms. The molecule has 0 radical (unpaired) electrons. The van der Waals surface area contributed by atoms with E-state index >= 15 is 0 Å². The van der Waals surface area contributed by atoms with Crippen LogP contribution in [0.25, 0.3) is 11.0 Å². The van der Waals surface area contributed by atoms with Crippen LogP contribution in [0.1, 0.15) is 0 Å². The van der Waals surface area contributed by atoms with E-state index < -0.39 is 7.29 Å². The molecule has 0 fully saturated rings. The van der Waals surface area contributed by atoms with Gasteiger partial charge in [-0.3, -0.25) is 9.24 Å². The van der Waals surface area contributed by atoms with Gasteiger partial charge in [0, 0.05) is 13.7 Å². The predicted octanol–water partition coefficient (Wildman–Crippen LogP) is 1.67. The second-order valence-electron chi connectivity index (χ2n) is 4.19. The Hall–Kier alpha value is -1.12. The van der Waals surface area contributed by atoms with E-state index in [1.165, 1.54) is 0 Å². The van der Waals surface area contributed by atoms with Gasteiger partial charge in [-0.05, 0) is 26.2 Å². The van der Waals surface area contributed by atoms with E-state index in [0.717, 1.165) is 11.0 Å². The number of nitrogens with zero attached hydrogens (tertiary/aromatic N) is 3. The average Bonchev–Trinajstić information content (AvgIpc) is 2.57. The molecule has 0 saturated heterocycles. The first-order valence-corrected chi connectivity index (χ1v) is 7.22. The zero-order valence-electron chi connectivity index (χ0n) is 10.0. The summed E-state index contributed by atoms with van der Waals surface area (Å²) in [4.78, 5) is 4.46. The van der Waals surface area contributed by atoms with Crippen LogP contribution in [0.2, 0.25) is 0 Å². The molecule has 0 aliphatic carbocycles. The molecule has 0 aliphatic rings. The Bertz CT molecular complexity index is 574. The molecule has 86 valence electrons. The summed E-state index contributed by atoms with van der Waals surface area (Å²) in [5.41, 5.74) is 2.56. The van der Waals surface area contributed by atoms with Gasteiger partial charge >= 0.3 is 0 Å². The van der Waals surface area contributed by atoms with Crippen molar-refractivity contribution in [2.24, 2.45) is 7.05 Å². The molecule has 16 heavy (non-hydrogen) atoms. The Labute approximate surface area is 95.3 Å². The minimum atomic E-state index is -2.54. The maximum atomic E-state index is 12.5. The average molecular weight is 237 g/mol. The van der Waals surface area contributed by atoms with Crippen molar-refractivity contribution >= 4 is 23.9 Å². The van der Waals surface area contributed by atoms with Crippen LogP contribution in [0, 0.1) is 0 Å². The van der Waals surface area contributed by atoms with Gasteiger partial charge in [0.15, 0.2) is 5.57 Å². The highest BCUT2D eigenvalue weighted by atomic mass is 31.2. The standard InChI is InChI=1S/C11H16N3OP/c1-13(2)16(4,15)11-12-9-7-5-6-8-10(9)14(11)3/h5-8H,1-4H3. The van der Waals surface area contributed by atoms with Crippen molar-refractivity contribution in [3.8, 4) is 0 Å². The third-order valence-electron chi connectivity index (χ3n) is 2.90. The van der Waals surface area contributed by atoms with E-state index in [0.29, 0.717) is 5.57 Å². The number of hydrogen-bond donors (Lipinski definition) is 0. The molecule has 2 aromatic rings. The largest absolute Gasteiger partial charge is 0.324 e. The summed E-state index contributed by atoms with van der Waals surface area (Å²) >= 11 is 0. The topological polar surface area (TPSA) is 38.1 Å². The van der Waals surface area contributed by atoms with Crippen molar-refractivity contribution in [1.82, 2.24) is 14.2 Å². The molecule has 1 heterocycles. The summed E-state index contributed by atoms with van der Waals surface area (Å²) in [7, 11) is 3.00. The zero-order chi connectivity index (χ0) is 11.9. The molecule has 0 aliphatic heterocycles. The molecule has 1 aromatic carbocycles. The third kappa shape index (κ3) is 1.58. The van der Waals surface area contributed by atoms with Gasteiger partial charge in [0.05, 0.1) is 11.0 Å². The second-order valence-corrected chi connectivity index (χ2v) is 7.14. The van der Waals surface area contributed by atoms with Crippen LogP contribution in [0.3, 0.4) is 0 Å². The fourth-order valence-corrected chi connectivity index (χ4v) is 3.00. The van der Waals surface area contributed by atoms with Gasteiger partial charge in [-0.25, -0.2) is 4.98 Å². The highest BCUT2D eigenvalue weighted by Gasteiger charge is 2.27. The summed E-state index contributed by atoms with van der Waals surface area (Å²) < 4.78 is 16.2. The summed E-state index contributed by atoms with van der Waals surface area (Å²) in [6.07, 6.45) is 0. The number of aromatic nitrogens is 2. The van der Waals surface area contributed by atoms with Gasteiger partial charge in [0.25, 0.3) is 0 Å². The van der Waals surface area contributed by atoms with Gasteiger partial charge in [-0.15, -0.1) is 0 Å². The fraction of sp³-hybridized carbons (Fsp3) is 0.364. The van der Waals surface area contributed by atoms with Gasteiger partial charge in [-0.1, -0.05) is 12.1 Å². The summed E-state index contributed by atoms with van der Waals surface area (Å²) in [5, 5.41) is 0. The van der Waals surface area contributed by atoms with Crippen molar-refractivity contribution in [2.45, 2.75) is 0 Å². The van der Waals surface area contributed by atoms with E-state index in [1.807, 2.05) is 50.0 Å². The SMILES string of the molecule is CN(C)P(C)(=O)c1nc2ccccc2n1C. The number of para-hydroxylation sites is 2. The quantitative estimate of drug-likeness (QED) is 0.746. The summed E-state index contributed by atoms with van der Waals surface area (Å²) in [5.74, 6) is 0. The Morgan fingerprint density at radius 1 is 1.31 bits per heavy atom. The maximum Gasteiger partial charge on any atom is 0.209 e. The molecule has 0 bridgehead atoms. The molecule has 4 nitrogen and oxygen atoms in total. The number of imidazole rings is 1. The van der Waals surface area contributed by atoms with Crippen molar-refractivity contribution in [2.75, 3.05) is 20.8 Å². The van der Waals surface area contributed by atoms with Crippen LogP contribution in [-0.4, -0.2) is 35.0 Å². The summed E-state index contributed by atoms with van der Waals surface area (Å²) in [6.45, 7) is 1.74. The van der Waals surface area contributed by atoms with E-state index in [9.17, 15) is 4.57 Å². The minimum absolute atomic E-state index is 0.652. The Morgan fingerprint density at radius 2 is 1.94 bits per heavy atom. The van der Waals surface area contributed by atoms with Crippen molar-refractivity contribution in [1.29, 1.82) is 0 Å². The minimum Gasteiger partial charge on any atom is -0.324 e. The van der Waals surface area contributed by atoms with Crippen molar-refractivity contribution < 1.29 is 4.57 Å². The smallest absolute Gasteiger partial charge is 0.209 e. The number of benzene rings is 1. The second kappa shape index (κ2) is 3.72. The molecular formula is C11H16N3OP. The van der Waals surface area contributed by atoms with E-state index in [-0.39, 0.29) is 0 Å². The number of fused-ring (bicyclic) bond motifs is 1. The summed E-state index contributed by atoms with van der Waals surface area (Å²) in [6, 6.07) is 7.83. The number of rotatable bonds is 2. The predicted molar refractivity (Wildman–Crippen MR) is 67.6 cm³/mol. The lowest BCUT2D eigenvalue weighted by Crippen LogP contribution is -2.24. The lowest BCUT2D eigenvalue weighted by atomic mass is 10.3. The highest BCUT2D eigenvalue weighted by molar-refractivity contribution is 7.68. The van der Waals surface area contributed by atoms with Gasteiger partial charge < -0.3 is 4.57 Å². The van der Waals surface area contributed by atoms with Gasteiger partial charge in [0.2, 0.25) is 7.29 Å². The van der Waals surface area contributed by atoms with Crippen LogP contribution in [0.15, 0.2) is 24.3 Å². The first kappa shape index (κ1) is 11.4. The van der Waals surface area contributed by atoms with Crippen molar-refractivity contribution in [3.05, 3.63) is 24.3 Å². The van der Waals surface area contributed by atoms with Gasteiger partial charge in [-0.2, -0.15) is 0 Å². The molecule has 0 N–H and O–H groups in total. The maximum absolute atomic E-state index is 12.5. The van der Waals surface area contributed by atoms with Crippen LogP contribution in [-0.2, 0) is 11.6 Å². The normalized spacial score (nSPS) is 15.6. The molecule has 0 saturated carbocycles. The molecule has 5 heteroatoms. The first-order chi connectivity index (χ1) is 7.44. The van der Waals surface area contributed by atoms with Crippen molar-refractivity contribution in [3.63, 3.8) is 0 Å². The highest BCUT2D eigenvalue weighted by Crippen LogP contribution is 2.41. The van der Waals surface area contributed by atoms with E-state index in [1.54, 1.807) is 11.3 Å². The number of aryl methyl sites for hydroxylation is 1. The molecule has 1 aromatic heterocycles.